The molecule has 0 saturated carbocycles. The molecule has 0 atom stereocenters. The quantitative estimate of drug-likeness (QED) is 0.593. The van der Waals surface area contributed by atoms with Crippen molar-refractivity contribution in [2.45, 2.75) is 13.5 Å². The van der Waals surface area contributed by atoms with Gasteiger partial charge in [0.15, 0.2) is 0 Å². The van der Waals surface area contributed by atoms with Gasteiger partial charge in [0.1, 0.15) is 6.61 Å². The van der Waals surface area contributed by atoms with Crippen LogP contribution in [0.4, 0.5) is 0 Å². The molecule has 0 unspecified atom stereocenters. The number of pyridine rings is 1. The van der Waals surface area contributed by atoms with E-state index in [4.69, 9.17) is 4.84 Å². The van der Waals surface area contributed by atoms with Crippen LogP contribution in [0.15, 0.2) is 53.7 Å². The van der Waals surface area contributed by atoms with Gasteiger partial charge in [-0.2, -0.15) is 0 Å². The van der Waals surface area contributed by atoms with Gasteiger partial charge in [0.2, 0.25) is 0 Å². The Labute approximate surface area is 101 Å². The average Bonchev–Trinajstić information content (AvgIpc) is 2.36. The Bertz CT molecular complexity index is 495. The summed E-state index contributed by atoms with van der Waals surface area (Å²) >= 11 is 0. The van der Waals surface area contributed by atoms with Crippen molar-refractivity contribution in [1.82, 2.24) is 4.98 Å². The Kier molecular flexibility index (Phi) is 3.86. The van der Waals surface area contributed by atoms with Gasteiger partial charge in [0, 0.05) is 5.69 Å². The van der Waals surface area contributed by atoms with E-state index in [9.17, 15) is 0 Å². The molecule has 0 spiro atoms. The zero-order chi connectivity index (χ0) is 11.9. The van der Waals surface area contributed by atoms with Gasteiger partial charge in [0.25, 0.3) is 0 Å². The van der Waals surface area contributed by atoms with Gasteiger partial charge in [-0.1, -0.05) is 41.6 Å². The van der Waals surface area contributed by atoms with Gasteiger partial charge in [-0.25, -0.2) is 0 Å². The molecular weight excluding hydrogens is 212 g/mol. The molecule has 1 aromatic heterocycles. The number of rotatable bonds is 4. The van der Waals surface area contributed by atoms with Crippen molar-refractivity contribution >= 4 is 6.21 Å². The van der Waals surface area contributed by atoms with Crippen LogP contribution < -0.4 is 0 Å². The summed E-state index contributed by atoms with van der Waals surface area (Å²) < 4.78 is 0. The molecule has 3 heteroatoms. The van der Waals surface area contributed by atoms with E-state index in [2.05, 4.69) is 10.1 Å². The molecule has 0 saturated heterocycles. The first-order chi connectivity index (χ1) is 8.34. The van der Waals surface area contributed by atoms with Gasteiger partial charge in [-0.05, 0) is 24.6 Å². The molecule has 86 valence electrons. The maximum absolute atomic E-state index is 5.19. The number of nitrogens with zero attached hydrogens (tertiary/aromatic N) is 2. The number of oxime groups is 1. The SMILES string of the molecule is Cc1cccc(/C=N\OCc2ccccc2)n1. The van der Waals surface area contributed by atoms with E-state index in [1.54, 1.807) is 6.21 Å². The first-order valence-electron chi connectivity index (χ1n) is 5.47. The zero-order valence-corrected chi connectivity index (χ0v) is 9.71. The number of aryl methyl sites for hydroxylation is 1. The highest BCUT2D eigenvalue weighted by Gasteiger charge is 1.91. The first kappa shape index (κ1) is 11.3. The van der Waals surface area contributed by atoms with Crippen molar-refractivity contribution < 1.29 is 4.84 Å². The Morgan fingerprint density at radius 2 is 1.94 bits per heavy atom. The topological polar surface area (TPSA) is 34.5 Å². The molecule has 1 aromatic carbocycles. The predicted octanol–water partition coefficient (Wildman–Crippen LogP) is 2.94. The fourth-order valence-electron chi connectivity index (χ4n) is 1.41. The molecule has 2 aromatic rings. The molecule has 0 aliphatic heterocycles. The van der Waals surface area contributed by atoms with Crippen molar-refractivity contribution in [3.8, 4) is 0 Å². The predicted molar refractivity (Wildman–Crippen MR) is 67.8 cm³/mol. The van der Waals surface area contributed by atoms with E-state index >= 15 is 0 Å². The summed E-state index contributed by atoms with van der Waals surface area (Å²) in [6, 6.07) is 15.7. The number of hydrogen-bond acceptors (Lipinski definition) is 3. The van der Waals surface area contributed by atoms with Gasteiger partial charge >= 0.3 is 0 Å². The molecule has 2 rings (SSSR count). The summed E-state index contributed by atoms with van der Waals surface area (Å²) in [7, 11) is 0. The second kappa shape index (κ2) is 5.80. The zero-order valence-electron chi connectivity index (χ0n) is 9.71. The third-order valence-electron chi connectivity index (χ3n) is 2.24. The standard InChI is InChI=1S/C14H14N2O/c1-12-6-5-9-14(16-12)10-15-17-11-13-7-3-2-4-8-13/h2-10H,11H2,1H3/b15-10-. The fourth-order valence-corrected chi connectivity index (χ4v) is 1.41. The maximum atomic E-state index is 5.19. The molecule has 1 heterocycles. The van der Waals surface area contributed by atoms with Crippen molar-refractivity contribution in [1.29, 1.82) is 0 Å². The summed E-state index contributed by atoms with van der Waals surface area (Å²) in [6.07, 6.45) is 1.62. The summed E-state index contributed by atoms with van der Waals surface area (Å²) in [5.41, 5.74) is 2.87. The van der Waals surface area contributed by atoms with Gasteiger partial charge < -0.3 is 4.84 Å². The van der Waals surface area contributed by atoms with Crippen LogP contribution in [0.25, 0.3) is 0 Å². The van der Waals surface area contributed by atoms with Crippen LogP contribution >= 0.6 is 0 Å². The number of aromatic nitrogens is 1. The molecule has 0 N–H and O–H groups in total. The largest absolute Gasteiger partial charge is 0.391 e. The Balaban J connectivity index is 1.86. The summed E-state index contributed by atoms with van der Waals surface area (Å²) in [4.78, 5) is 9.48. The molecule has 17 heavy (non-hydrogen) atoms. The van der Waals surface area contributed by atoms with E-state index < -0.39 is 0 Å². The maximum Gasteiger partial charge on any atom is 0.142 e. The van der Waals surface area contributed by atoms with Gasteiger partial charge in [0.05, 0.1) is 11.9 Å². The highest BCUT2D eigenvalue weighted by molar-refractivity contribution is 5.76. The highest BCUT2D eigenvalue weighted by atomic mass is 16.6. The van der Waals surface area contributed by atoms with Gasteiger partial charge in [-0.3, -0.25) is 4.98 Å². The lowest BCUT2D eigenvalue weighted by atomic mass is 10.2. The van der Waals surface area contributed by atoms with Gasteiger partial charge in [-0.15, -0.1) is 0 Å². The molecule has 0 fully saturated rings. The van der Waals surface area contributed by atoms with E-state index in [0.29, 0.717) is 6.61 Å². The smallest absolute Gasteiger partial charge is 0.142 e. The van der Waals surface area contributed by atoms with Crippen LogP contribution in [-0.4, -0.2) is 11.2 Å². The lowest BCUT2D eigenvalue weighted by Gasteiger charge is -1.98. The van der Waals surface area contributed by atoms with Crippen LogP contribution in [0.3, 0.4) is 0 Å². The van der Waals surface area contributed by atoms with Crippen LogP contribution in [0, 0.1) is 6.92 Å². The van der Waals surface area contributed by atoms with Crippen LogP contribution in [0.5, 0.6) is 0 Å². The van der Waals surface area contributed by atoms with Crippen LogP contribution in [0.2, 0.25) is 0 Å². The minimum Gasteiger partial charge on any atom is -0.391 e. The molecule has 0 bridgehead atoms. The van der Waals surface area contributed by atoms with Crippen molar-refractivity contribution in [2.75, 3.05) is 0 Å². The Morgan fingerprint density at radius 3 is 2.71 bits per heavy atom. The highest BCUT2D eigenvalue weighted by Crippen LogP contribution is 2.01. The third kappa shape index (κ3) is 3.72. The first-order valence-corrected chi connectivity index (χ1v) is 5.47. The summed E-state index contributed by atoms with van der Waals surface area (Å²) in [5, 5.41) is 3.89. The Morgan fingerprint density at radius 1 is 1.12 bits per heavy atom. The van der Waals surface area contributed by atoms with E-state index in [1.807, 2.05) is 55.5 Å². The molecule has 3 nitrogen and oxygen atoms in total. The van der Waals surface area contributed by atoms with Crippen LogP contribution in [0.1, 0.15) is 17.0 Å². The van der Waals surface area contributed by atoms with Crippen LogP contribution in [-0.2, 0) is 11.4 Å². The van der Waals surface area contributed by atoms with Crippen molar-refractivity contribution in [3.63, 3.8) is 0 Å². The fraction of sp³-hybridized carbons (Fsp3) is 0.143. The summed E-state index contributed by atoms with van der Waals surface area (Å²) in [5.74, 6) is 0. The number of hydrogen-bond donors (Lipinski definition) is 0. The molecule has 0 amide bonds. The molecular formula is C14H14N2O. The minimum atomic E-state index is 0.475. The monoisotopic (exact) mass is 226 g/mol. The number of benzene rings is 1. The normalized spacial score (nSPS) is 10.6. The lowest BCUT2D eigenvalue weighted by molar-refractivity contribution is 0.132. The second-order valence-corrected chi connectivity index (χ2v) is 3.70. The van der Waals surface area contributed by atoms with Crippen molar-refractivity contribution in [2.24, 2.45) is 5.16 Å². The summed E-state index contributed by atoms with van der Waals surface area (Å²) in [6.45, 7) is 2.42. The minimum absolute atomic E-state index is 0.475. The lowest BCUT2D eigenvalue weighted by Crippen LogP contribution is -1.91. The molecule has 0 aliphatic carbocycles. The van der Waals surface area contributed by atoms with Crippen molar-refractivity contribution in [3.05, 3.63) is 65.5 Å². The van der Waals surface area contributed by atoms with E-state index in [1.165, 1.54) is 0 Å². The Hall–Kier alpha value is -2.16. The third-order valence-corrected chi connectivity index (χ3v) is 2.24. The second-order valence-electron chi connectivity index (χ2n) is 3.70. The average molecular weight is 226 g/mol. The van der Waals surface area contributed by atoms with E-state index in [-0.39, 0.29) is 0 Å². The molecule has 0 radical (unpaired) electrons. The molecule has 0 aliphatic rings. The van der Waals surface area contributed by atoms with E-state index in [0.717, 1.165) is 17.0 Å².